The number of nitriles is 1. The first-order chi connectivity index (χ1) is 9.04. The van der Waals surface area contributed by atoms with Gasteiger partial charge in [0.15, 0.2) is 0 Å². The maximum atomic E-state index is 12.3. The van der Waals surface area contributed by atoms with Gasteiger partial charge in [0.25, 0.3) is 0 Å². The van der Waals surface area contributed by atoms with E-state index in [1.54, 1.807) is 13.0 Å². The Hall–Kier alpha value is -2.20. The summed E-state index contributed by atoms with van der Waals surface area (Å²) in [6.45, 7) is -2.12. The summed E-state index contributed by atoms with van der Waals surface area (Å²) in [7, 11) is 0. The van der Waals surface area contributed by atoms with Crippen LogP contribution in [0.1, 0.15) is 28.4 Å². The fourth-order valence-electron chi connectivity index (χ4n) is 1.46. The number of ether oxygens (including phenoxy) is 2. The van der Waals surface area contributed by atoms with Gasteiger partial charge >= 0.3 is 12.6 Å². The molecule has 0 amide bonds. The molecular weight excluding hydrogens is 260 g/mol. The van der Waals surface area contributed by atoms with Crippen molar-refractivity contribution >= 4 is 5.97 Å². The van der Waals surface area contributed by atoms with E-state index in [2.05, 4.69) is 4.74 Å². The lowest BCUT2D eigenvalue weighted by Gasteiger charge is -2.13. The van der Waals surface area contributed by atoms with Crippen LogP contribution in [-0.2, 0) is 11.3 Å². The van der Waals surface area contributed by atoms with Crippen molar-refractivity contribution in [3.63, 3.8) is 0 Å². The Morgan fingerprint density at radius 2 is 2.21 bits per heavy atom. The first kappa shape index (κ1) is 14.9. The van der Waals surface area contributed by atoms with E-state index >= 15 is 0 Å². The summed E-state index contributed by atoms with van der Waals surface area (Å²) in [5.41, 5.74) is -0.576. The first-order valence-electron chi connectivity index (χ1n) is 5.33. The Morgan fingerprint density at radius 1 is 1.53 bits per heavy atom. The Bertz CT molecular complexity index is 511. The van der Waals surface area contributed by atoms with E-state index in [0.717, 1.165) is 0 Å². The molecule has 0 spiro atoms. The minimum absolute atomic E-state index is 0.00935. The van der Waals surface area contributed by atoms with Crippen molar-refractivity contribution in [2.24, 2.45) is 0 Å². The second-order valence-electron chi connectivity index (χ2n) is 3.35. The quantitative estimate of drug-likeness (QED) is 0.826. The summed E-state index contributed by atoms with van der Waals surface area (Å²) in [4.78, 5) is 11.6. The highest BCUT2D eigenvalue weighted by atomic mass is 19.3. The molecule has 0 aliphatic heterocycles. The van der Waals surface area contributed by atoms with Crippen LogP contribution in [0.4, 0.5) is 8.78 Å². The number of hydrogen-bond donors (Lipinski definition) is 1. The molecule has 0 aliphatic carbocycles. The van der Waals surface area contributed by atoms with Crippen LogP contribution in [-0.4, -0.2) is 24.3 Å². The molecule has 1 rings (SSSR count). The molecule has 1 N–H and O–H groups in total. The molecule has 5 nitrogen and oxygen atoms in total. The van der Waals surface area contributed by atoms with Gasteiger partial charge in [-0.25, -0.2) is 4.79 Å². The number of aliphatic hydroxyl groups excluding tert-OH is 1. The molecule has 1 aromatic rings. The lowest BCUT2D eigenvalue weighted by molar-refractivity contribution is -0.0512. The molecule has 0 saturated carbocycles. The van der Waals surface area contributed by atoms with Crippen LogP contribution < -0.4 is 4.74 Å². The number of alkyl halides is 2. The summed E-state index contributed by atoms with van der Waals surface area (Å²) in [6.07, 6.45) is 0. The minimum atomic E-state index is -3.17. The van der Waals surface area contributed by atoms with Crippen LogP contribution in [0.5, 0.6) is 5.75 Å². The second-order valence-corrected chi connectivity index (χ2v) is 3.35. The standard InChI is InChI=1S/C12H11F2NO4/c1-2-18-11(17)8-4-3-7(6-16)10(9(8)5-15)19-12(13)14/h3-4,12,16H,2,6H2,1H3. The lowest BCUT2D eigenvalue weighted by Crippen LogP contribution is -2.12. The van der Waals surface area contributed by atoms with Gasteiger partial charge < -0.3 is 14.6 Å². The SMILES string of the molecule is CCOC(=O)c1ccc(CO)c(OC(F)F)c1C#N. The third-order valence-corrected chi connectivity index (χ3v) is 2.22. The number of nitrogens with zero attached hydrogens (tertiary/aromatic N) is 1. The van der Waals surface area contributed by atoms with Crippen molar-refractivity contribution in [1.29, 1.82) is 5.26 Å². The third kappa shape index (κ3) is 3.39. The number of rotatable bonds is 5. The molecule has 7 heteroatoms. The van der Waals surface area contributed by atoms with E-state index in [4.69, 9.17) is 15.1 Å². The van der Waals surface area contributed by atoms with Gasteiger partial charge in [-0.3, -0.25) is 0 Å². The molecule has 0 aromatic heterocycles. The van der Waals surface area contributed by atoms with E-state index in [1.807, 2.05) is 0 Å². The van der Waals surface area contributed by atoms with Crippen molar-refractivity contribution in [2.45, 2.75) is 20.1 Å². The van der Waals surface area contributed by atoms with Gasteiger partial charge in [0.1, 0.15) is 17.4 Å². The summed E-state index contributed by atoms with van der Waals surface area (Å²) < 4.78 is 33.5. The number of hydrogen-bond acceptors (Lipinski definition) is 5. The van der Waals surface area contributed by atoms with Gasteiger partial charge in [0, 0.05) is 5.56 Å². The summed E-state index contributed by atoms with van der Waals surface area (Å²) >= 11 is 0. The van der Waals surface area contributed by atoms with Crippen LogP contribution in [0.25, 0.3) is 0 Å². The summed E-state index contributed by atoms with van der Waals surface area (Å²) in [5.74, 6) is -1.33. The molecule has 0 bridgehead atoms. The molecular formula is C12H11F2NO4. The number of carbonyl (C=O) groups is 1. The molecule has 102 valence electrons. The monoisotopic (exact) mass is 271 g/mol. The Kier molecular flexibility index (Phi) is 5.21. The van der Waals surface area contributed by atoms with E-state index in [1.165, 1.54) is 12.1 Å². The lowest BCUT2D eigenvalue weighted by atomic mass is 10.0. The van der Waals surface area contributed by atoms with Crippen LogP contribution >= 0.6 is 0 Å². The zero-order chi connectivity index (χ0) is 14.4. The average molecular weight is 271 g/mol. The number of carbonyl (C=O) groups excluding carboxylic acids is 1. The van der Waals surface area contributed by atoms with Crippen molar-refractivity contribution in [3.05, 3.63) is 28.8 Å². The number of halogens is 2. The van der Waals surface area contributed by atoms with Gasteiger partial charge in [0.2, 0.25) is 0 Å². The third-order valence-electron chi connectivity index (χ3n) is 2.22. The molecule has 1 aromatic carbocycles. The fourth-order valence-corrected chi connectivity index (χ4v) is 1.46. The van der Waals surface area contributed by atoms with E-state index in [0.29, 0.717) is 0 Å². The number of aliphatic hydroxyl groups is 1. The smallest absolute Gasteiger partial charge is 0.387 e. The number of esters is 1. The molecule has 0 saturated heterocycles. The predicted octanol–water partition coefficient (Wildman–Crippen LogP) is 1.83. The highest BCUT2D eigenvalue weighted by Crippen LogP contribution is 2.29. The minimum Gasteiger partial charge on any atom is -0.462 e. The zero-order valence-electron chi connectivity index (χ0n) is 10.0. The normalized spacial score (nSPS) is 10.1. The first-order valence-corrected chi connectivity index (χ1v) is 5.33. The van der Waals surface area contributed by atoms with Crippen molar-refractivity contribution < 1.29 is 28.2 Å². The van der Waals surface area contributed by atoms with E-state index in [-0.39, 0.29) is 23.3 Å². The fraction of sp³-hybridized carbons (Fsp3) is 0.333. The maximum Gasteiger partial charge on any atom is 0.387 e. The molecule has 0 fully saturated rings. The molecule has 0 radical (unpaired) electrons. The van der Waals surface area contributed by atoms with Crippen LogP contribution in [0, 0.1) is 11.3 Å². The molecule has 0 atom stereocenters. The topological polar surface area (TPSA) is 79.6 Å². The molecule has 0 aliphatic rings. The van der Waals surface area contributed by atoms with Gasteiger partial charge in [-0.05, 0) is 13.0 Å². The van der Waals surface area contributed by atoms with Gasteiger partial charge in [-0.15, -0.1) is 0 Å². The van der Waals surface area contributed by atoms with Gasteiger partial charge in [0.05, 0.1) is 18.8 Å². The van der Waals surface area contributed by atoms with Crippen molar-refractivity contribution in [3.8, 4) is 11.8 Å². The number of benzene rings is 1. The summed E-state index contributed by atoms with van der Waals surface area (Å²) in [5, 5.41) is 18.0. The van der Waals surface area contributed by atoms with Crippen LogP contribution in [0.3, 0.4) is 0 Å². The average Bonchev–Trinajstić information content (AvgIpc) is 2.37. The Balaban J connectivity index is 3.36. The highest BCUT2D eigenvalue weighted by Gasteiger charge is 2.22. The zero-order valence-corrected chi connectivity index (χ0v) is 10.0. The summed E-state index contributed by atoms with van der Waals surface area (Å²) in [6, 6.07) is 4.06. The van der Waals surface area contributed by atoms with Gasteiger partial charge in [-0.2, -0.15) is 14.0 Å². The van der Waals surface area contributed by atoms with E-state index < -0.39 is 24.9 Å². The van der Waals surface area contributed by atoms with Crippen LogP contribution in [0.2, 0.25) is 0 Å². The highest BCUT2D eigenvalue weighted by molar-refractivity contribution is 5.93. The molecule has 0 unspecified atom stereocenters. The molecule has 0 heterocycles. The van der Waals surface area contributed by atoms with Crippen LogP contribution in [0.15, 0.2) is 12.1 Å². The predicted molar refractivity (Wildman–Crippen MR) is 59.7 cm³/mol. The molecule has 19 heavy (non-hydrogen) atoms. The maximum absolute atomic E-state index is 12.3. The largest absolute Gasteiger partial charge is 0.462 e. The van der Waals surface area contributed by atoms with Crippen molar-refractivity contribution in [1.82, 2.24) is 0 Å². The Morgan fingerprint density at radius 3 is 2.68 bits per heavy atom. The van der Waals surface area contributed by atoms with Crippen molar-refractivity contribution in [2.75, 3.05) is 6.61 Å². The second kappa shape index (κ2) is 6.66. The van der Waals surface area contributed by atoms with Gasteiger partial charge in [-0.1, -0.05) is 6.07 Å². The Labute approximate surface area is 108 Å². The van der Waals surface area contributed by atoms with E-state index in [9.17, 15) is 13.6 Å².